The van der Waals surface area contributed by atoms with Crippen molar-refractivity contribution in [1.82, 2.24) is 0 Å². The van der Waals surface area contributed by atoms with Crippen LogP contribution in [0.1, 0.15) is 19.5 Å². The van der Waals surface area contributed by atoms with Crippen LogP contribution in [0.2, 0.25) is 0 Å². The molecule has 0 aliphatic heterocycles. The topological polar surface area (TPSA) is 0 Å². The Labute approximate surface area is 135 Å². The van der Waals surface area contributed by atoms with E-state index >= 15 is 0 Å². The monoisotopic (exact) mass is 336 g/mol. The molecule has 20 heavy (non-hydrogen) atoms. The van der Waals surface area contributed by atoms with E-state index in [1.54, 1.807) is 0 Å². The van der Waals surface area contributed by atoms with Gasteiger partial charge in [0.15, 0.2) is 0 Å². The lowest BCUT2D eigenvalue weighted by Gasteiger charge is -1.74. The van der Waals surface area contributed by atoms with E-state index in [9.17, 15) is 0 Å². The largest absolute Gasteiger partial charge is 0.140 e. The van der Waals surface area contributed by atoms with Gasteiger partial charge in [-0.25, -0.2) is 0 Å². The van der Waals surface area contributed by atoms with Crippen molar-refractivity contribution < 1.29 is 0 Å². The van der Waals surface area contributed by atoms with Crippen LogP contribution < -0.4 is 0 Å². The summed E-state index contributed by atoms with van der Waals surface area (Å²) in [6, 6.07) is 9.03. The highest BCUT2D eigenvalue weighted by Crippen LogP contribution is 2.32. The summed E-state index contributed by atoms with van der Waals surface area (Å²) in [5.41, 5.74) is 0. The number of fused-ring (bicyclic) bond motifs is 2. The Morgan fingerprint density at radius 2 is 0.950 bits per heavy atom. The molecule has 0 radical (unpaired) electrons. The van der Waals surface area contributed by atoms with Gasteiger partial charge in [-0.2, -0.15) is 0 Å². The molecule has 0 aliphatic rings. The molecular weight excluding hydrogens is 320 g/mol. The summed E-state index contributed by atoms with van der Waals surface area (Å²) < 4.78 is 4.36. The molecule has 0 bridgehead atoms. The normalized spacial score (nSPS) is 11.0. The first kappa shape index (κ1) is 14.3. The Morgan fingerprint density at radius 1 is 0.550 bits per heavy atom. The van der Waals surface area contributed by atoms with Crippen molar-refractivity contribution in [2.75, 3.05) is 0 Å². The van der Waals surface area contributed by atoms with E-state index in [2.05, 4.69) is 52.0 Å². The quantitative estimate of drug-likeness (QED) is 0.319. The van der Waals surface area contributed by atoms with Crippen molar-refractivity contribution in [3.63, 3.8) is 0 Å². The molecule has 0 atom stereocenters. The summed E-state index contributed by atoms with van der Waals surface area (Å²) in [6.07, 6.45) is 0. The van der Waals surface area contributed by atoms with Crippen molar-refractivity contribution in [1.29, 1.82) is 0 Å². The van der Waals surface area contributed by atoms with Gasteiger partial charge >= 0.3 is 0 Å². The molecule has 0 N–H and O–H groups in total. The predicted octanol–water partition coefficient (Wildman–Crippen LogP) is 7.16. The minimum Gasteiger partial charge on any atom is -0.140 e. The van der Waals surface area contributed by atoms with Gasteiger partial charge in [-0.1, -0.05) is 0 Å². The van der Waals surface area contributed by atoms with Crippen LogP contribution in [-0.2, 0) is 0 Å². The van der Waals surface area contributed by atoms with E-state index in [-0.39, 0.29) is 0 Å². The Kier molecular flexibility index (Phi) is 4.00. The first-order valence-electron chi connectivity index (χ1n) is 6.44. The molecule has 0 aromatic carbocycles. The Balaban J connectivity index is 0.000000121. The van der Waals surface area contributed by atoms with E-state index < -0.39 is 0 Å². The highest BCUT2D eigenvalue weighted by atomic mass is 32.2. The van der Waals surface area contributed by atoms with Crippen LogP contribution in [0.15, 0.2) is 24.3 Å². The SMILES string of the molecule is Cc1cc2cc(C)sc2s1.Cc1cc2sc(C)cc2s1. The van der Waals surface area contributed by atoms with Crippen LogP contribution in [0.4, 0.5) is 0 Å². The van der Waals surface area contributed by atoms with Gasteiger partial charge in [-0.05, 0) is 52.0 Å². The molecule has 4 aromatic rings. The maximum Gasteiger partial charge on any atom is 0.0870 e. The van der Waals surface area contributed by atoms with Crippen LogP contribution in [0.3, 0.4) is 0 Å². The summed E-state index contributed by atoms with van der Waals surface area (Å²) in [4.78, 5) is 5.67. The van der Waals surface area contributed by atoms with Gasteiger partial charge in [0, 0.05) is 34.3 Å². The molecular formula is C16H16S4. The van der Waals surface area contributed by atoms with Gasteiger partial charge in [0.1, 0.15) is 0 Å². The van der Waals surface area contributed by atoms with Gasteiger partial charge in [0.05, 0.1) is 4.01 Å². The molecule has 0 spiro atoms. The van der Waals surface area contributed by atoms with Gasteiger partial charge in [-0.15, -0.1) is 45.3 Å². The number of hydrogen-bond donors (Lipinski definition) is 0. The van der Waals surface area contributed by atoms with Gasteiger partial charge < -0.3 is 0 Å². The number of thiophene rings is 4. The summed E-state index contributed by atoms with van der Waals surface area (Å²) in [6.45, 7) is 8.64. The average Bonchev–Trinajstić information content (AvgIpc) is 2.98. The molecule has 0 unspecified atom stereocenters. The number of hydrogen-bond acceptors (Lipinski definition) is 4. The fourth-order valence-electron chi connectivity index (χ4n) is 2.16. The predicted molar refractivity (Wildman–Crippen MR) is 98.4 cm³/mol. The zero-order chi connectivity index (χ0) is 14.3. The lowest BCUT2D eigenvalue weighted by molar-refractivity contribution is 1.63. The summed E-state index contributed by atoms with van der Waals surface area (Å²) in [5, 5.41) is 1.42. The standard InChI is InChI=1S/2C8H8S2/c1-5-3-7-8(9-5)4-6(2)10-7;1-5-3-7-4-6(2)10-8(7)9-5/h2*3-4H,1-2H3. The Hall–Kier alpha value is -0.680. The maximum absolute atomic E-state index is 2.26. The van der Waals surface area contributed by atoms with E-state index in [0.29, 0.717) is 0 Å². The van der Waals surface area contributed by atoms with E-state index in [1.807, 2.05) is 45.3 Å². The molecule has 0 saturated heterocycles. The smallest absolute Gasteiger partial charge is 0.0870 e. The van der Waals surface area contributed by atoms with Crippen LogP contribution >= 0.6 is 45.3 Å². The molecule has 0 saturated carbocycles. The number of rotatable bonds is 0. The van der Waals surface area contributed by atoms with Crippen molar-refractivity contribution in [3.8, 4) is 0 Å². The van der Waals surface area contributed by atoms with Crippen molar-refractivity contribution in [2.45, 2.75) is 27.7 Å². The lowest BCUT2D eigenvalue weighted by atomic mass is 10.3. The van der Waals surface area contributed by atoms with Crippen molar-refractivity contribution in [3.05, 3.63) is 43.8 Å². The van der Waals surface area contributed by atoms with Crippen LogP contribution in [-0.4, -0.2) is 0 Å². The molecule has 0 amide bonds. The maximum atomic E-state index is 2.26. The third kappa shape index (κ3) is 2.98. The molecule has 0 aliphatic carbocycles. The van der Waals surface area contributed by atoms with Gasteiger partial charge in [-0.3, -0.25) is 0 Å². The number of aryl methyl sites for hydroxylation is 4. The fourth-order valence-corrected chi connectivity index (χ4v) is 6.78. The molecule has 0 nitrogen and oxygen atoms in total. The molecule has 4 heterocycles. The lowest BCUT2D eigenvalue weighted by Crippen LogP contribution is -1.51. The highest BCUT2D eigenvalue weighted by molar-refractivity contribution is 7.38. The second-order valence-corrected chi connectivity index (χ2v) is 10.2. The van der Waals surface area contributed by atoms with Crippen LogP contribution in [0.5, 0.6) is 0 Å². The van der Waals surface area contributed by atoms with E-state index in [4.69, 9.17) is 0 Å². The minimum atomic E-state index is 1.42. The molecule has 4 heteroatoms. The second kappa shape index (κ2) is 5.60. The van der Waals surface area contributed by atoms with E-state index in [1.165, 1.54) is 38.3 Å². The first-order valence-corrected chi connectivity index (χ1v) is 9.71. The zero-order valence-electron chi connectivity index (χ0n) is 11.9. The second-order valence-electron chi connectivity index (χ2n) is 4.90. The summed E-state index contributed by atoms with van der Waals surface area (Å²) in [5.74, 6) is 0. The average molecular weight is 337 g/mol. The van der Waals surface area contributed by atoms with Crippen molar-refractivity contribution >= 4 is 64.1 Å². The van der Waals surface area contributed by atoms with Gasteiger partial charge in [0.2, 0.25) is 0 Å². The minimum absolute atomic E-state index is 1.42. The Morgan fingerprint density at radius 3 is 1.35 bits per heavy atom. The summed E-state index contributed by atoms with van der Waals surface area (Å²) >= 11 is 7.55. The fraction of sp³-hybridized carbons (Fsp3) is 0.250. The van der Waals surface area contributed by atoms with E-state index in [0.717, 1.165) is 0 Å². The Bertz CT molecular complexity index is 655. The van der Waals surface area contributed by atoms with Gasteiger partial charge in [0.25, 0.3) is 0 Å². The third-order valence-corrected chi connectivity index (χ3v) is 7.26. The summed E-state index contributed by atoms with van der Waals surface area (Å²) in [7, 11) is 0. The molecule has 4 aromatic heterocycles. The molecule has 104 valence electrons. The third-order valence-electron chi connectivity index (χ3n) is 2.91. The molecule has 4 rings (SSSR count). The zero-order valence-corrected chi connectivity index (χ0v) is 15.2. The van der Waals surface area contributed by atoms with Crippen molar-refractivity contribution in [2.24, 2.45) is 0 Å². The van der Waals surface area contributed by atoms with Crippen LogP contribution in [0.25, 0.3) is 18.8 Å². The first-order chi connectivity index (χ1) is 9.51. The molecule has 0 fully saturated rings. The van der Waals surface area contributed by atoms with Crippen LogP contribution in [0, 0.1) is 27.7 Å². The highest BCUT2D eigenvalue weighted by Gasteiger charge is 2.01.